The van der Waals surface area contributed by atoms with Crippen LogP contribution in [-0.2, 0) is 16.1 Å². The van der Waals surface area contributed by atoms with Crippen molar-refractivity contribution in [1.82, 2.24) is 19.6 Å². The number of fused-ring (bicyclic) bond motifs is 1. The van der Waals surface area contributed by atoms with Crippen molar-refractivity contribution >= 4 is 23.3 Å². The zero-order valence-corrected chi connectivity index (χ0v) is 17.9. The van der Waals surface area contributed by atoms with Crippen LogP contribution in [0.4, 0.5) is 10.5 Å². The number of pyridine rings is 1. The predicted octanol–water partition coefficient (Wildman–Crippen LogP) is 3.01. The lowest BCUT2D eigenvalue weighted by Gasteiger charge is -2.42. The van der Waals surface area contributed by atoms with Crippen LogP contribution < -0.4 is 10.6 Å². The standard InChI is InChI=1S/C24H27N5O3/c30-23(19-6-11-32-12-7-19)29-15-20(16-29)18-1-3-21(4-2-18)27-24(31)26-14-17-5-9-28-10-8-25-22(28)13-17/h1-5,8-10,13,19-20H,6-7,11-12,14-16H2,(H2,26,27,31). The molecule has 2 aliphatic heterocycles. The normalized spacial score (nSPS) is 17.2. The van der Waals surface area contributed by atoms with Gasteiger partial charge in [0.15, 0.2) is 0 Å². The highest BCUT2D eigenvalue weighted by molar-refractivity contribution is 5.89. The number of imidazole rings is 1. The number of aromatic nitrogens is 2. The van der Waals surface area contributed by atoms with Crippen LogP contribution in [0.15, 0.2) is 55.0 Å². The molecule has 0 aliphatic carbocycles. The lowest BCUT2D eigenvalue weighted by atomic mass is 9.88. The van der Waals surface area contributed by atoms with E-state index in [4.69, 9.17) is 4.74 Å². The molecule has 0 radical (unpaired) electrons. The molecule has 0 bridgehead atoms. The fourth-order valence-electron chi connectivity index (χ4n) is 4.33. The first kappa shape index (κ1) is 20.5. The van der Waals surface area contributed by atoms with Crippen molar-refractivity contribution in [2.75, 3.05) is 31.6 Å². The maximum atomic E-state index is 12.6. The van der Waals surface area contributed by atoms with Crippen molar-refractivity contribution in [3.05, 3.63) is 66.1 Å². The molecule has 8 nitrogen and oxygen atoms in total. The van der Waals surface area contributed by atoms with Crippen LogP contribution in [0.2, 0.25) is 0 Å². The van der Waals surface area contributed by atoms with Crippen LogP contribution in [0.3, 0.4) is 0 Å². The van der Waals surface area contributed by atoms with Crippen molar-refractivity contribution in [3.63, 3.8) is 0 Å². The van der Waals surface area contributed by atoms with Gasteiger partial charge in [0, 0.05) is 69.0 Å². The highest BCUT2D eigenvalue weighted by Crippen LogP contribution is 2.30. The van der Waals surface area contributed by atoms with E-state index in [0.717, 1.165) is 42.8 Å². The maximum absolute atomic E-state index is 12.6. The van der Waals surface area contributed by atoms with Gasteiger partial charge in [-0.25, -0.2) is 9.78 Å². The smallest absolute Gasteiger partial charge is 0.319 e. The highest BCUT2D eigenvalue weighted by atomic mass is 16.5. The van der Waals surface area contributed by atoms with Gasteiger partial charge in [0.25, 0.3) is 0 Å². The van der Waals surface area contributed by atoms with Gasteiger partial charge in [0.1, 0.15) is 5.65 Å². The number of urea groups is 1. The third-order valence-corrected chi connectivity index (χ3v) is 6.32. The van der Waals surface area contributed by atoms with Crippen LogP contribution >= 0.6 is 0 Å². The number of hydrogen-bond donors (Lipinski definition) is 2. The number of amides is 3. The molecule has 2 N–H and O–H groups in total. The Kier molecular flexibility index (Phi) is 5.77. The number of likely N-dealkylation sites (tertiary alicyclic amines) is 1. The van der Waals surface area contributed by atoms with Gasteiger partial charge >= 0.3 is 6.03 Å². The first-order chi connectivity index (χ1) is 15.7. The molecule has 32 heavy (non-hydrogen) atoms. The Morgan fingerprint density at radius 3 is 2.62 bits per heavy atom. The van der Waals surface area contributed by atoms with Gasteiger partial charge < -0.3 is 24.7 Å². The fraction of sp³-hybridized carbons (Fsp3) is 0.375. The number of rotatable bonds is 5. The summed E-state index contributed by atoms with van der Waals surface area (Å²) >= 11 is 0. The molecule has 3 amide bonds. The molecule has 5 rings (SSSR count). The van der Waals surface area contributed by atoms with Crippen molar-refractivity contribution in [1.29, 1.82) is 0 Å². The quantitative estimate of drug-likeness (QED) is 0.648. The second kappa shape index (κ2) is 9.00. The summed E-state index contributed by atoms with van der Waals surface area (Å²) in [7, 11) is 0. The number of carbonyl (C=O) groups excluding carboxylic acids is 2. The minimum atomic E-state index is -0.252. The lowest BCUT2D eigenvalue weighted by Crippen LogP contribution is -2.51. The number of hydrogen-bond acceptors (Lipinski definition) is 4. The van der Waals surface area contributed by atoms with Gasteiger partial charge in [0.05, 0.1) is 0 Å². The number of nitrogens with zero attached hydrogens (tertiary/aromatic N) is 3. The molecule has 0 saturated carbocycles. The summed E-state index contributed by atoms with van der Waals surface area (Å²) in [6.07, 6.45) is 7.22. The maximum Gasteiger partial charge on any atom is 0.319 e. The zero-order chi connectivity index (χ0) is 21.9. The average Bonchev–Trinajstić information content (AvgIpc) is 3.26. The summed E-state index contributed by atoms with van der Waals surface area (Å²) in [5.74, 6) is 0.752. The number of nitrogens with one attached hydrogen (secondary N) is 2. The Morgan fingerprint density at radius 2 is 1.84 bits per heavy atom. The Labute approximate surface area is 186 Å². The Morgan fingerprint density at radius 1 is 1.06 bits per heavy atom. The number of benzene rings is 1. The Bertz CT molecular complexity index is 1100. The number of carbonyl (C=O) groups is 2. The summed E-state index contributed by atoms with van der Waals surface area (Å²) in [5.41, 5.74) is 3.77. The van der Waals surface area contributed by atoms with Crippen molar-refractivity contribution in [2.45, 2.75) is 25.3 Å². The van der Waals surface area contributed by atoms with Gasteiger partial charge in [0.2, 0.25) is 5.91 Å². The minimum Gasteiger partial charge on any atom is -0.381 e. The molecule has 0 spiro atoms. The van der Waals surface area contributed by atoms with Crippen molar-refractivity contribution in [3.8, 4) is 0 Å². The molecule has 2 aliphatic rings. The van der Waals surface area contributed by atoms with Gasteiger partial charge in [-0.15, -0.1) is 0 Å². The van der Waals surface area contributed by atoms with Crippen LogP contribution in [-0.4, -0.2) is 52.5 Å². The zero-order valence-electron chi connectivity index (χ0n) is 17.9. The molecule has 2 fully saturated rings. The van der Waals surface area contributed by atoms with Gasteiger partial charge in [-0.2, -0.15) is 0 Å². The van der Waals surface area contributed by atoms with E-state index in [0.29, 0.717) is 25.7 Å². The summed E-state index contributed by atoms with van der Waals surface area (Å²) in [4.78, 5) is 31.0. The molecule has 2 saturated heterocycles. The van der Waals surface area contributed by atoms with Gasteiger partial charge in [-0.05, 0) is 48.2 Å². The predicted molar refractivity (Wildman–Crippen MR) is 120 cm³/mol. The first-order valence-electron chi connectivity index (χ1n) is 11.1. The van der Waals surface area contributed by atoms with E-state index >= 15 is 0 Å². The molecular weight excluding hydrogens is 406 g/mol. The molecule has 8 heteroatoms. The average molecular weight is 434 g/mol. The van der Waals surface area contributed by atoms with Gasteiger partial charge in [-0.3, -0.25) is 4.79 Å². The van der Waals surface area contributed by atoms with E-state index in [1.807, 2.05) is 58.1 Å². The summed E-state index contributed by atoms with van der Waals surface area (Å²) < 4.78 is 7.28. The monoisotopic (exact) mass is 433 g/mol. The Hall–Kier alpha value is -3.39. The van der Waals surface area contributed by atoms with E-state index < -0.39 is 0 Å². The molecule has 1 aromatic carbocycles. The Balaban J connectivity index is 1.08. The highest BCUT2D eigenvalue weighted by Gasteiger charge is 2.35. The minimum absolute atomic E-state index is 0.122. The topological polar surface area (TPSA) is 88.0 Å². The van der Waals surface area contributed by atoms with Crippen molar-refractivity contribution < 1.29 is 14.3 Å². The largest absolute Gasteiger partial charge is 0.381 e. The summed E-state index contributed by atoms with van der Waals surface area (Å²) in [6, 6.07) is 11.5. The molecular formula is C24H27N5O3. The summed E-state index contributed by atoms with van der Waals surface area (Å²) in [6.45, 7) is 3.34. The summed E-state index contributed by atoms with van der Waals surface area (Å²) in [5, 5.41) is 5.74. The third-order valence-electron chi connectivity index (χ3n) is 6.32. The van der Waals surface area contributed by atoms with E-state index in [2.05, 4.69) is 15.6 Å². The van der Waals surface area contributed by atoms with Crippen molar-refractivity contribution in [2.24, 2.45) is 5.92 Å². The van der Waals surface area contributed by atoms with Crippen LogP contribution in [0.25, 0.3) is 5.65 Å². The van der Waals surface area contributed by atoms with Crippen LogP contribution in [0.5, 0.6) is 0 Å². The second-order valence-corrected chi connectivity index (χ2v) is 8.48. The first-order valence-corrected chi connectivity index (χ1v) is 11.1. The SMILES string of the molecule is O=C(NCc1ccn2ccnc2c1)Nc1ccc(C2CN(C(=O)C3CCOCC3)C2)cc1. The van der Waals surface area contributed by atoms with Crippen LogP contribution in [0, 0.1) is 5.92 Å². The van der Waals surface area contributed by atoms with E-state index in [1.54, 1.807) is 6.20 Å². The number of anilines is 1. The molecule has 166 valence electrons. The van der Waals surface area contributed by atoms with E-state index in [9.17, 15) is 9.59 Å². The molecule has 4 heterocycles. The molecule has 2 aromatic heterocycles. The van der Waals surface area contributed by atoms with E-state index in [-0.39, 0.29) is 17.9 Å². The van der Waals surface area contributed by atoms with Crippen LogP contribution in [0.1, 0.15) is 29.9 Å². The van der Waals surface area contributed by atoms with Gasteiger partial charge in [-0.1, -0.05) is 12.1 Å². The molecule has 0 atom stereocenters. The molecule has 0 unspecified atom stereocenters. The lowest BCUT2D eigenvalue weighted by molar-refractivity contribution is -0.143. The number of ether oxygens (including phenoxy) is 1. The van der Waals surface area contributed by atoms with E-state index in [1.165, 1.54) is 5.56 Å². The fourth-order valence-corrected chi connectivity index (χ4v) is 4.33. The second-order valence-electron chi connectivity index (χ2n) is 8.48. The third kappa shape index (κ3) is 4.45. The molecule has 3 aromatic rings.